The number of benzene rings is 3. The SMILES string of the molecule is CCOc1ccc(N(C(=O)COc2ccccc2OCC)S(=O)(=O)c2ccc(C)cc2)cc1. The van der Waals surface area contributed by atoms with E-state index < -0.39 is 22.5 Å². The monoisotopic (exact) mass is 469 g/mol. The molecule has 3 aromatic rings. The lowest BCUT2D eigenvalue weighted by Gasteiger charge is -2.23. The fraction of sp³-hybridized carbons (Fsp3) is 0.240. The van der Waals surface area contributed by atoms with Crippen molar-refractivity contribution < 1.29 is 27.4 Å². The quantitative estimate of drug-likeness (QED) is 0.432. The van der Waals surface area contributed by atoms with Gasteiger partial charge in [0.25, 0.3) is 15.9 Å². The second-order valence-electron chi connectivity index (χ2n) is 7.07. The van der Waals surface area contributed by atoms with Gasteiger partial charge in [-0.15, -0.1) is 0 Å². The average molecular weight is 470 g/mol. The van der Waals surface area contributed by atoms with Gasteiger partial charge in [-0.2, -0.15) is 4.31 Å². The van der Waals surface area contributed by atoms with Gasteiger partial charge in [0, 0.05) is 0 Å². The summed E-state index contributed by atoms with van der Waals surface area (Å²) >= 11 is 0. The van der Waals surface area contributed by atoms with Crippen molar-refractivity contribution in [2.45, 2.75) is 25.7 Å². The Labute approximate surface area is 194 Å². The van der Waals surface area contributed by atoms with E-state index in [1.165, 1.54) is 24.3 Å². The first-order valence-electron chi connectivity index (χ1n) is 10.6. The number of nitrogens with zero attached hydrogens (tertiary/aromatic N) is 1. The maximum absolute atomic E-state index is 13.5. The van der Waals surface area contributed by atoms with Gasteiger partial charge in [-0.1, -0.05) is 29.8 Å². The van der Waals surface area contributed by atoms with Crippen LogP contribution in [0, 0.1) is 6.92 Å². The molecule has 0 aliphatic carbocycles. The van der Waals surface area contributed by atoms with Crippen molar-refractivity contribution in [2.75, 3.05) is 24.1 Å². The van der Waals surface area contributed by atoms with Crippen molar-refractivity contribution in [3.63, 3.8) is 0 Å². The molecule has 0 heterocycles. The molecule has 0 aliphatic rings. The first-order valence-corrected chi connectivity index (χ1v) is 12.0. The molecule has 0 N–H and O–H groups in total. The maximum atomic E-state index is 13.5. The largest absolute Gasteiger partial charge is 0.494 e. The third-order valence-corrected chi connectivity index (χ3v) is 6.43. The van der Waals surface area contributed by atoms with E-state index >= 15 is 0 Å². The molecule has 0 aromatic heterocycles. The standard InChI is InChI=1S/C25H27NO6S/c1-4-30-21-14-12-20(13-15-21)26(33(28,29)22-16-10-19(3)11-17-22)25(27)18-32-24-9-7-6-8-23(24)31-5-2/h6-17H,4-5,18H2,1-3H3. The molecule has 0 saturated heterocycles. The molecule has 1 amide bonds. The van der Waals surface area contributed by atoms with Gasteiger partial charge in [0.2, 0.25) is 0 Å². The summed E-state index contributed by atoms with van der Waals surface area (Å²) in [7, 11) is -4.19. The summed E-state index contributed by atoms with van der Waals surface area (Å²) < 4.78 is 44.3. The third kappa shape index (κ3) is 5.84. The summed E-state index contributed by atoms with van der Waals surface area (Å²) in [5.41, 5.74) is 1.09. The summed E-state index contributed by atoms with van der Waals surface area (Å²) in [6.45, 7) is 5.94. The Kier molecular flexibility index (Phi) is 7.95. The van der Waals surface area contributed by atoms with E-state index in [1.807, 2.05) is 20.8 Å². The Morgan fingerprint density at radius 1 is 0.788 bits per heavy atom. The van der Waals surface area contributed by atoms with E-state index in [2.05, 4.69) is 0 Å². The van der Waals surface area contributed by atoms with Crippen molar-refractivity contribution in [1.29, 1.82) is 0 Å². The molecule has 0 saturated carbocycles. The van der Waals surface area contributed by atoms with Crippen LogP contribution in [0.15, 0.2) is 77.7 Å². The zero-order chi connectivity index (χ0) is 23.8. The Morgan fingerprint density at radius 2 is 1.36 bits per heavy atom. The Hall–Kier alpha value is -3.52. The molecule has 0 bridgehead atoms. The average Bonchev–Trinajstić information content (AvgIpc) is 2.80. The highest BCUT2D eigenvalue weighted by molar-refractivity contribution is 7.93. The van der Waals surface area contributed by atoms with Gasteiger partial charge in [-0.25, -0.2) is 8.42 Å². The number of hydrogen-bond acceptors (Lipinski definition) is 6. The van der Waals surface area contributed by atoms with E-state index in [9.17, 15) is 13.2 Å². The highest BCUT2D eigenvalue weighted by Gasteiger charge is 2.31. The fourth-order valence-corrected chi connectivity index (χ4v) is 4.53. The molecular weight excluding hydrogens is 442 g/mol. The molecule has 7 nitrogen and oxygen atoms in total. The van der Waals surface area contributed by atoms with Crippen molar-refractivity contribution in [3.05, 3.63) is 78.4 Å². The molecule has 0 atom stereocenters. The van der Waals surface area contributed by atoms with Gasteiger partial charge >= 0.3 is 0 Å². The topological polar surface area (TPSA) is 82.1 Å². The van der Waals surface area contributed by atoms with Gasteiger partial charge in [0.05, 0.1) is 23.8 Å². The highest BCUT2D eigenvalue weighted by atomic mass is 32.2. The normalized spacial score (nSPS) is 11.0. The molecule has 0 unspecified atom stereocenters. The molecule has 3 aromatic carbocycles. The molecule has 0 spiro atoms. The molecule has 33 heavy (non-hydrogen) atoms. The van der Waals surface area contributed by atoms with E-state index in [-0.39, 0.29) is 10.6 Å². The number of rotatable bonds is 10. The molecular formula is C25H27NO6S. The van der Waals surface area contributed by atoms with Crippen LogP contribution in [-0.2, 0) is 14.8 Å². The van der Waals surface area contributed by atoms with Crippen LogP contribution in [0.25, 0.3) is 0 Å². The predicted octanol–water partition coefficient (Wildman–Crippen LogP) is 4.59. The number of sulfonamides is 1. The van der Waals surface area contributed by atoms with Gasteiger partial charge in [-0.3, -0.25) is 4.79 Å². The minimum atomic E-state index is -4.19. The zero-order valence-electron chi connectivity index (χ0n) is 18.9. The lowest BCUT2D eigenvalue weighted by atomic mass is 10.2. The first-order chi connectivity index (χ1) is 15.9. The number of carbonyl (C=O) groups is 1. The van der Waals surface area contributed by atoms with Crippen LogP contribution < -0.4 is 18.5 Å². The molecule has 0 radical (unpaired) electrons. The summed E-state index contributed by atoms with van der Waals surface area (Å²) in [5, 5.41) is 0. The third-order valence-electron chi connectivity index (χ3n) is 4.67. The van der Waals surface area contributed by atoms with E-state index in [4.69, 9.17) is 14.2 Å². The second-order valence-corrected chi connectivity index (χ2v) is 8.86. The molecule has 174 valence electrons. The number of anilines is 1. The van der Waals surface area contributed by atoms with Gasteiger partial charge in [0.15, 0.2) is 18.1 Å². The lowest BCUT2D eigenvalue weighted by Crippen LogP contribution is -2.40. The van der Waals surface area contributed by atoms with Crippen LogP contribution in [0.3, 0.4) is 0 Å². The minimum absolute atomic E-state index is 0.00468. The predicted molar refractivity (Wildman–Crippen MR) is 127 cm³/mol. The van der Waals surface area contributed by atoms with Crippen LogP contribution in [0.1, 0.15) is 19.4 Å². The summed E-state index contributed by atoms with van der Waals surface area (Å²) in [4.78, 5) is 13.2. The van der Waals surface area contributed by atoms with Crippen LogP contribution in [0.4, 0.5) is 5.69 Å². The number of carbonyl (C=O) groups excluding carboxylic acids is 1. The van der Waals surface area contributed by atoms with Crippen LogP contribution >= 0.6 is 0 Å². The summed E-state index contributed by atoms with van der Waals surface area (Å²) in [6, 6.07) is 19.5. The van der Waals surface area contributed by atoms with Gasteiger partial charge in [0.1, 0.15) is 5.75 Å². The number of amides is 1. The van der Waals surface area contributed by atoms with E-state index in [0.717, 1.165) is 9.87 Å². The number of para-hydroxylation sites is 2. The van der Waals surface area contributed by atoms with E-state index in [1.54, 1.807) is 48.5 Å². The number of aryl methyl sites for hydroxylation is 1. The van der Waals surface area contributed by atoms with Crippen molar-refractivity contribution in [1.82, 2.24) is 0 Å². The lowest BCUT2D eigenvalue weighted by molar-refractivity contribution is -0.119. The maximum Gasteiger partial charge on any atom is 0.278 e. The fourth-order valence-electron chi connectivity index (χ4n) is 3.12. The smallest absolute Gasteiger partial charge is 0.278 e. The molecule has 0 aliphatic heterocycles. The number of hydrogen-bond donors (Lipinski definition) is 0. The minimum Gasteiger partial charge on any atom is -0.494 e. The van der Waals surface area contributed by atoms with Crippen molar-refractivity contribution in [2.24, 2.45) is 0 Å². The van der Waals surface area contributed by atoms with Gasteiger partial charge in [-0.05, 0) is 69.3 Å². The van der Waals surface area contributed by atoms with Crippen molar-refractivity contribution >= 4 is 21.6 Å². The van der Waals surface area contributed by atoms with E-state index in [0.29, 0.717) is 30.5 Å². The Balaban J connectivity index is 1.94. The van der Waals surface area contributed by atoms with Crippen LogP contribution in [0.2, 0.25) is 0 Å². The van der Waals surface area contributed by atoms with Crippen molar-refractivity contribution in [3.8, 4) is 17.2 Å². The van der Waals surface area contributed by atoms with Gasteiger partial charge < -0.3 is 14.2 Å². The zero-order valence-corrected chi connectivity index (χ0v) is 19.7. The van der Waals surface area contributed by atoms with Crippen LogP contribution in [-0.4, -0.2) is 34.1 Å². The van der Waals surface area contributed by atoms with Crippen LogP contribution in [0.5, 0.6) is 17.2 Å². The Morgan fingerprint density at radius 3 is 1.94 bits per heavy atom. The summed E-state index contributed by atoms with van der Waals surface area (Å²) in [5.74, 6) is 0.656. The second kappa shape index (κ2) is 10.9. The number of ether oxygens (including phenoxy) is 3. The molecule has 8 heteroatoms. The summed E-state index contributed by atoms with van der Waals surface area (Å²) in [6.07, 6.45) is 0. The molecule has 0 fully saturated rings. The Bertz CT molecular complexity index is 1170. The first kappa shape index (κ1) is 24.1. The highest BCUT2D eigenvalue weighted by Crippen LogP contribution is 2.29. The molecule has 3 rings (SSSR count).